The second kappa shape index (κ2) is 5.78. The summed E-state index contributed by atoms with van der Waals surface area (Å²) < 4.78 is 20.3. The van der Waals surface area contributed by atoms with Crippen molar-refractivity contribution >= 4 is 11.1 Å². The molecule has 3 heteroatoms. The summed E-state index contributed by atoms with van der Waals surface area (Å²) in [7, 11) is 0. The van der Waals surface area contributed by atoms with Gasteiger partial charge in [-0.3, -0.25) is 0 Å². The van der Waals surface area contributed by atoms with Gasteiger partial charge in [0.05, 0.1) is 5.75 Å². The summed E-state index contributed by atoms with van der Waals surface area (Å²) in [6.45, 7) is 2.21. The van der Waals surface area contributed by atoms with Crippen molar-refractivity contribution in [2.75, 3.05) is 5.75 Å². The van der Waals surface area contributed by atoms with E-state index < -0.39 is 11.1 Å². The van der Waals surface area contributed by atoms with Crippen molar-refractivity contribution in [2.24, 2.45) is 11.8 Å². The normalized spacial score (nSPS) is 31.1. The monoisotopic (exact) mass is 252 g/mol. The minimum Gasteiger partial charge on any atom is -0.306 e. The van der Waals surface area contributed by atoms with E-state index in [4.69, 9.17) is 4.55 Å². The predicted molar refractivity (Wildman–Crippen MR) is 71.3 cm³/mol. The number of benzene rings is 1. The highest BCUT2D eigenvalue weighted by Crippen LogP contribution is 2.41. The Morgan fingerprint density at radius 1 is 1.29 bits per heavy atom. The van der Waals surface area contributed by atoms with E-state index in [2.05, 4.69) is 31.2 Å². The van der Waals surface area contributed by atoms with Crippen molar-refractivity contribution < 1.29 is 8.76 Å². The molecule has 1 aromatic rings. The Morgan fingerprint density at radius 2 is 2.00 bits per heavy atom. The molecule has 1 fully saturated rings. The summed E-state index contributed by atoms with van der Waals surface area (Å²) >= 11 is -1.68. The van der Waals surface area contributed by atoms with E-state index in [1.807, 2.05) is 6.07 Å². The molecule has 17 heavy (non-hydrogen) atoms. The molecule has 0 aromatic heterocycles. The minimum absolute atomic E-state index is 0.344. The van der Waals surface area contributed by atoms with Crippen LogP contribution in [-0.4, -0.2) is 14.5 Å². The van der Waals surface area contributed by atoms with Gasteiger partial charge in [0.2, 0.25) is 0 Å². The van der Waals surface area contributed by atoms with Crippen LogP contribution >= 0.6 is 0 Å². The highest BCUT2D eigenvalue weighted by molar-refractivity contribution is 7.79. The zero-order valence-corrected chi connectivity index (χ0v) is 11.0. The highest BCUT2D eigenvalue weighted by Gasteiger charge is 2.32. The van der Waals surface area contributed by atoms with Crippen LogP contribution in [0.25, 0.3) is 0 Å². The van der Waals surface area contributed by atoms with Crippen molar-refractivity contribution in [2.45, 2.75) is 32.1 Å². The Kier molecular flexibility index (Phi) is 4.35. The molecule has 1 aliphatic carbocycles. The number of hydrogen-bond acceptors (Lipinski definition) is 1. The Bertz CT molecular complexity index is 377. The van der Waals surface area contributed by atoms with Crippen LogP contribution < -0.4 is 0 Å². The van der Waals surface area contributed by atoms with Gasteiger partial charge < -0.3 is 4.55 Å². The van der Waals surface area contributed by atoms with Crippen LogP contribution in [0.4, 0.5) is 0 Å². The second-order valence-electron chi connectivity index (χ2n) is 5.08. The van der Waals surface area contributed by atoms with Gasteiger partial charge in [0.1, 0.15) is 0 Å². The Hall–Kier alpha value is -0.670. The Labute approximate surface area is 106 Å². The van der Waals surface area contributed by atoms with Crippen molar-refractivity contribution in [3.8, 4) is 0 Å². The summed E-state index contributed by atoms with van der Waals surface area (Å²) in [5.41, 5.74) is 1.33. The summed E-state index contributed by atoms with van der Waals surface area (Å²) in [4.78, 5) is 0. The van der Waals surface area contributed by atoms with Crippen molar-refractivity contribution in [1.82, 2.24) is 0 Å². The maximum absolute atomic E-state index is 11.1. The van der Waals surface area contributed by atoms with Gasteiger partial charge in [-0.2, -0.15) is 0 Å². The third kappa shape index (κ3) is 3.17. The van der Waals surface area contributed by atoms with Gasteiger partial charge in [-0.25, -0.2) is 4.21 Å². The SMILES string of the molecule is CC1CCCC(c2ccccc2)C1CS(=O)O. The zero-order valence-electron chi connectivity index (χ0n) is 10.2. The minimum atomic E-state index is -1.68. The molecule has 4 unspecified atom stereocenters. The fraction of sp³-hybridized carbons (Fsp3) is 0.571. The van der Waals surface area contributed by atoms with Crippen LogP contribution in [0.15, 0.2) is 30.3 Å². The second-order valence-corrected chi connectivity index (χ2v) is 6.05. The number of hydrogen-bond donors (Lipinski definition) is 1. The Balaban J connectivity index is 2.20. The molecule has 0 amide bonds. The lowest BCUT2D eigenvalue weighted by molar-refractivity contribution is 0.239. The van der Waals surface area contributed by atoms with Gasteiger partial charge >= 0.3 is 0 Å². The summed E-state index contributed by atoms with van der Waals surface area (Å²) in [6.07, 6.45) is 3.57. The lowest BCUT2D eigenvalue weighted by Crippen LogP contribution is -2.29. The average molecular weight is 252 g/mol. The first kappa shape index (κ1) is 12.8. The smallest absolute Gasteiger partial charge is 0.153 e. The summed E-state index contributed by atoms with van der Waals surface area (Å²) in [5, 5.41) is 0. The maximum atomic E-state index is 11.1. The summed E-state index contributed by atoms with van der Waals surface area (Å²) in [6, 6.07) is 10.4. The lowest BCUT2D eigenvalue weighted by Gasteiger charge is -2.36. The fourth-order valence-electron chi connectivity index (χ4n) is 3.04. The molecule has 2 nitrogen and oxygen atoms in total. The van der Waals surface area contributed by atoms with Crippen LogP contribution in [0.2, 0.25) is 0 Å². The first-order valence-electron chi connectivity index (χ1n) is 6.31. The third-order valence-corrected chi connectivity index (χ3v) is 4.66. The largest absolute Gasteiger partial charge is 0.306 e. The van der Waals surface area contributed by atoms with Crippen LogP contribution in [0.3, 0.4) is 0 Å². The molecule has 0 bridgehead atoms. The molecule has 94 valence electrons. The van der Waals surface area contributed by atoms with Gasteiger partial charge in [-0.1, -0.05) is 50.1 Å². The van der Waals surface area contributed by atoms with E-state index >= 15 is 0 Å². The molecule has 1 aliphatic rings. The third-order valence-electron chi connectivity index (χ3n) is 3.99. The van der Waals surface area contributed by atoms with E-state index in [0.29, 0.717) is 23.5 Å². The standard InChI is InChI=1S/C14H20O2S/c1-11-6-5-9-13(14(11)10-17(15)16)12-7-3-2-4-8-12/h2-4,7-8,11,13-14H,5-6,9-10H2,1H3,(H,15,16). The van der Waals surface area contributed by atoms with E-state index in [1.165, 1.54) is 18.4 Å². The fourth-order valence-corrected chi connectivity index (χ4v) is 3.93. The van der Waals surface area contributed by atoms with E-state index in [0.717, 1.165) is 6.42 Å². The average Bonchev–Trinajstić information content (AvgIpc) is 2.32. The van der Waals surface area contributed by atoms with Gasteiger partial charge in [-0.15, -0.1) is 0 Å². The quantitative estimate of drug-likeness (QED) is 0.837. The molecule has 1 aromatic carbocycles. The molecule has 1 saturated carbocycles. The molecular formula is C14H20O2S. The molecule has 0 heterocycles. The van der Waals surface area contributed by atoms with Crippen LogP contribution in [0, 0.1) is 11.8 Å². The van der Waals surface area contributed by atoms with Crippen molar-refractivity contribution in [3.63, 3.8) is 0 Å². The molecule has 0 aliphatic heterocycles. The number of rotatable bonds is 3. The van der Waals surface area contributed by atoms with Crippen LogP contribution in [-0.2, 0) is 11.1 Å². The van der Waals surface area contributed by atoms with Gasteiger partial charge in [0.25, 0.3) is 0 Å². The lowest BCUT2D eigenvalue weighted by atomic mass is 9.71. The Morgan fingerprint density at radius 3 is 2.65 bits per heavy atom. The topological polar surface area (TPSA) is 37.3 Å². The predicted octanol–water partition coefficient (Wildman–Crippen LogP) is 3.43. The molecule has 4 atom stereocenters. The molecular weight excluding hydrogens is 232 g/mol. The molecule has 1 N–H and O–H groups in total. The highest BCUT2D eigenvalue weighted by atomic mass is 32.2. The molecule has 0 saturated heterocycles. The van der Waals surface area contributed by atoms with Crippen molar-refractivity contribution in [3.05, 3.63) is 35.9 Å². The van der Waals surface area contributed by atoms with Crippen LogP contribution in [0.1, 0.15) is 37.7 Å². The molecule has 2 rings (SSSR count). The molecule has 0 radical (unpaired) electrons. The maximum Gasteiger partial charge on any atom is 0.153 e. The first-order chi connectivity index (χ1) is 8.18. The zero-order chi connectivity index (χ0) is 12.3. The summed E-state index contributed by atoms with van der Waals surface area (Å²) in [5.74, 6) is 1.76. The van der Waals surface area contributed by atoms with Gasteiger partial charge in [-0.05, 0) is 29.7 Å². The van der Waals surface area contributed by atoms with E-state index in [1.54, 1.807) is 0 Å². The first-order valence-corrected chi connectivity index (χ1v) is 7.58. The van der Waals surface area contributed by atoms with E-state index in [-0.39, 0.29) is 0 Å². The van der Waals surface area contributed by atoms with Crippen molar-refractivity contribution in [1.29, 1.82) is 0 Å². The molecule has 0 spiro atoms. The van der Waals surface area contributed by atoms with Gasteiger partial charge in [0, 0.05) is 0 Å². The van der Waals surface area contributed by atoms with Gasteiger partial charge in [0.15, 0.2) is 11.1 Å². The van der Waals surface area contributed by atoms with Crippen LogP contribution in [0.5, 0.6) is 0 Å². The van der Waals surface area contributed by atoms with E-state index in [9.17, 15) is 4.21 Å².